The number of alkyl halides is 3. The fraction of sp³-hybridized carbons (Fsp3) is 0.182. The number of benzene rings is 4. The number of hydrogen-bond donors (Lipinski definition) is 2. The molecule has 258 valence electrons. The number of hydrogen-bond acceptors (Lipinski definition) is 8. The molecule has 16 heteroatoms. The molecular formula is C33H28ClF3N2O8S2. The first kappa shape index (κ1) is 37.1. The lowest BCUT2D eigenvalue weighted by Gasteiger charge is -2.14. The lowest BCUT2D eigenvalue weighted by molar-refractivity contribution is -0.139. The van der Waals surface area contributed by atoms with Gasteiger partial charge in [-0.2, -0.15) is 13.2 Å². The van der Waals surface area contributed by atoms with Crippen molar-refractivity contribution in [3.63, 3.8) is 0 Å². The second-order valence-corrected chi connectivity index (χ2v) is 14.1. The van der Waals surface area contributed by atoms with Crippen LogP contribution in [0.4, 0.5) is 18.9 Å². The maximum atomic E-state index is 13.3. The first-order chi connectivity index (χ1) is 22.8. The summed E-state index contributed by atoms with van der Waals surface area (Å²) in [6.45, 7) is -0.705. The minimum Gasteiger partial charge on any atom is -0.486 e. The highest BCUT2D eigenvalue weighted by molar-refractivity contribution is 7.91. The number of thiazole rings is 1. The molecule has 0 unspecified atom stereocenters. The first-order valence-electron chi connectivity index (χ1n) is 14.2. The number of carboxylic acid groups (broad SMARTS) is 1. The van der Waals surface area contributed by atoms with Crippen molar-refractivity contribution in [1.82, 2.24) is 4.98 Å². The van der Waals surface area contributed by atoms with Gasteiger partial charge in [0, 0.05) is 10.6 Å². The smallest absolute Gasteiger partial charge is 0.416 e. The van der Waals surface area contributed by atoms with Gasteiger partial charge in [-0.15, -0.1) is 11.3 Å². The van der Waals surface area contributed by atoms with Gasteiger partial charge >= 0.3 is 12.1 Å². The maximum absolute atomic E-state index is 13.3. The predicted octanol–water partition coefficient (Wildman–Crippen LogP) is 6.85. The molecular weight excluding hydrogens is 709 g/mol. The van der Waals surface area contributed by atoms with Gasteiger partial charge in [-0.25, -0.2) is 18.2 Å². The van der Waals surface area contributed by atoms with Crippen LogP contribution in [0.15, 0.2) is 89.8 Å². The monoisotopic (exact) mass is 736 g/mol. The summed E-state index contributed by atoms with van der Waals surface area (Å²) in [5.41, 5.74) is 0.451. The van der Waals surface area contributed by atoms with Crippen LogP contribution in [0.25, 0.3) is 10.2 Å². The third kappa shape index (κ3) is 9.92. The zero-order chi connectivity index (χ0) is 34.5. The topological polar surface area (TPSA) is 163 Å². The Kier molecular flexibility index (Phi) is 11.9. The highest BCUT2D eigenvalue weighted by atomic mass is 35.5. The zero-order valence-electron chi connectivity index (χ0n) is 25.3. The van der Waals surface area contributed by atoms with Gasteiger partial charge in [0.25, 0.3) is 5.91 Å². The van der Waals surface area contributed by atoms with Crippen LogP contribution in [0.5, 0.6) is 11.5 Å². The highest BCUT2D eigenvalue weighted by Crippen LogP contribution is 2.33. The lowest BCUT2D eigenvalue weighted by atomic mass is 10.1. The molecule has 5 aromatic rings. The fourth-order valence-electron chi connectivity index (χ4n) is 4.60. The van der Waals surface area contributed by atoms with E-state index in [1.54, 1.807) is 24.3 Å². The quantitative estimate of drug-likeness (QED) is 0.133. The second-order valence-electron chi connectivity index (χ2n) is 10.4. The Morgan fingerprint density at radius 1 is 0.959 bits per heavy atom. The molecule has 5 rings (SSSR count). The summed E-state index contributed by atoms with van der Waals surface area (Å²) in [6, 6.07) is 20.1. The van der Waals surface area contributed by atoms with Crippen molar-refractivity contribution < 1.29 is 51.2 Å². The van der Waals surface area contributed by atoms with Crippen molar-refractivity contribution in [2.24, 2.45) is 0 Å². The maximum Gasteiger partial charge on any atom is 0.416 e. The number of halogens is 4. The SMILES string of the molecule is O.O=C(O)COc1ccc(CCCS(=O)(=O)c2ccc(Cl)cc2)cc1NC(=O)c1cccc(OCc2nc3cc(C(F)(F)F)ccc3s2)c1. The Morgan fingerprint density at radius 3 is 2.43 bits per heavy atom. The van der Waals surface area contributed by atoms with Crippen LogP contribution in [0.2, 0.25) is 5.02 Å². The molecule has 1 heterocycles. The number of carbonyl (C=O) groups is 2. The van der Waals surface area contributed by atoms with E-state index < -0.39 is 40.1 Å². The number of ether oxygens (including phenoxy) is 2. The number of aromatic nitrogens is 1. The number of carboxylic acids is 1. The minimum atomic E-state index is -4.48. The van der Waals surface area contributed by atoms with Gasteiger partial charge in [0.1, 0.15) is 23.1 Å². The number of amides is 1. The summed E-state index contributed by atoms with van der Waals surface area (Å²) >= 11 is 7.05. The van der Waals surface area contributed by atoms with Gasteiger partial charge in [-0.05, 0) is 91.2 Å². The van der Waals surface area contributed by atoms with Crippen LogP contribution in [0, 0.1) is 0 Å². The molecule has 10 nitrogen and oxygen atoms in total. The second kappa shape index (κ2) is 15.7. The normalized spacial score (nSPS) is 11.5. The number of sulfone groups is 1. The molecule has 0 saturated carbocycles. The largest absolute Gasteiger partial charge is 0.486 e. The van der Waals surface area contributed by atoms with E-state index >= 15 is 0 Å². The first-order valence-corrected chi connectivity index (χ1v) is 17.1. The number of anilines is 1. The molecule has 0 atom stereocenters. The molecule has 0 bridgehead atoms. The summed E-state index contributed by atoms with van der Waals surface area (Å²) in [6.07, 6.45) is -3.88. The summed E-state index contributed by atoms with van der Waals surface area (Å²) in [7, 11) is -3.55. The number of aliphatic carboxylic acids is 1. The Hall–Kier alpha value is -4.70. The summed E-state index contributed by atoms with van der Waals surface area (Å²) in [4.78, 5) is 28.8. The molecule has 49 heavy (non-hydrogen) atoms. The highest BCUT2D eigenvalue weighted by Gasteiger charge is 2.30. The van der Waals surface area contributed by atoms with E-state index in [-0.39, 0.29) is 51.7 Å². The molecule has 4 N–H and O–H groups in total. The molecule has 0 aliphatic rings. The minimum absolute atomic E-state index is 0. The van der Waals surface area contributed by atoms with Crippen molar-refractivity contribution in [2.45, 2.75) is 30.5 Å². The molecule has 1 aromatic heterocycles. The van der Waals surface area contributed by atoms with Gasteiger partial charge < -0.3 is 25.4 Å². The van der Waals surface area contributed by atoms with Gasteiger partial charge in [-0.1, -0.05) is 23.7 Å². The van der Waals surface area contributed by atoms with E-state index in [9.17, 15) is 31.2 Å². The van der Waals surface area contributed by atoms with E-state index in [4.69, 9.17) is 26.2 Å². The average molecular weight is 737 g/mol. The summed E-state index contributed by atoms with van der Waals surface area (Å²) in [5, 5.41) is 12.7. The van der Waals surface area contributed by atoms with E-state index in [0.717, 1.165) is 12.1 Å². The van der Waals surface area contributed by atoms with Crippen LogP contribution in [0.1, 0.15) is 32.9 Å². The predicted molar refractivity (Wildman–Crippen MR) is 178 cm³/mol. The van der Waals surface area contributed by atoms with Crippen LogP contribution in [-0.4, -0.2) is 48.2 Å². The number of fused-ring (bicyclic) bond motifs is 1. The van der Waals surface area contributed by atoms with Crippen molar-refractivity contribution in [3.05, 3.63) is 112 Å². The van der Waals surface area contributed by atoms with Crippen molar-refractivity contribution >= 4 is 60.6 Å². The van der Waals surface area contributed by atoms with Gasteiger partial charge in [-0.3, -0.25) is 4.79 Å². The third-order valence-corrected chi connectivity index (χ3v) is 9.99. The zero-order valence-corrected chi connectivity index (χ0v) is 27.7. The van der Waals surface area contributed by atoms with Crippen LogP contribution in [0.3, 0.4) is 0 Å². The third-order valence-electron chi connectivity index (χ3n) is 6.91. The number of rotatable bonds is 13. The number of nitrogens with one attached hydrogen (secondary N) is 1. The molecule has 1 amide bonds. The average Bonchev–Trinajstić information content (AvgIpc) is 3.46. The van der Waals surface area contributed by atoms with Crippen LogP contribution < -0.4 is 14.8 Å². The number of nitrogens with zero attached hydrogens (tertiary/aromatic N) is 1. The van der Waals surface area contributed by atoms with Crippen LogP contribution >= 0.6 is 22.9 Å². The molecule has 0 spiro atoms. The number of carbonyl (C=O) groups excluding carboxylic acids is 1. The molecule has 0 aliphatic carbocycles. The van der Waals surface area contributed by atoms with Crippen molar-refractivity contribution in [3.8, 4) is 11.5 Å². The summed E-state index contributed by atoms with van der Waals surface area (Å²) in [5.74, 6) is -1.52. The van der Waals surface area contributed by atoms with E-state index in [0.29, 0.717) is 32.5 Å². The molecule has 0 saturated heterocycles. The molecule has 0 aliphatic heterocycles. The van der Waals surface area contributed by atoms with Crippen LogP contribution in [-0.2, 0) is 33.8 Å². The number of aryl methyl sites for hydroxylation is 1. The van der Waals surface area contributed by atoms with E-state index in [2.05, 4.69) is 10.3 Å². The Balaban J connectivity index is 0.00000541. The standard InChI is InChI=1S/C33H26ClF3N2O7S2.H2O/c34-23-8-10-25(11-9-23)48(43,44)14-2-3-20-6-12-28(46-19-31(40)41)26(15-20)39-32(42)21-4-1-5-24(16-21)45-18-30-38-27-17-22(33(35,36)37)7-13-29(27)47-30;/h1,4-13,15-17H,2-3,14,18-19H2,(H,39,42)(H,40,41);1H2. The molecule has 4 aromatic carbocycles. The Bertz CT molecular complexity index is 2070. The Morgan fingerprint density at radius 2 is 1.71 bits per heavy atom. The van der Waals surface area contributed by atoms with Gasteiger partial charge in [0.15, 0.2) is 16.4 Å². The summed E-state index contributed by atoms with van der Waals surface area (Å²) < 4.78 is 76.3. The van der Waals surface area contributed by atoms with Crippen molar-refractivity contribution in [2.75, 3.05) is 17.7 Å². The molecule has 0 fully saturated rings. The van der Waals surface area contributed by atoms with Gasteiger partial charge in [0.2, 0.25) is 0 Å². The van der Waals surface area contributed by atoms with E-state index in [1.165, 1.54) is 59.9 Å². The van der Waals surface area contributed by atoms with E-state index in [1.807, 2.05) is 0 Å². The lowest BCUT2D eigenvalue weighted by Crippen LogP contribution is -2.15. The fourth-order valence-corrected chi connectivity index (χ4v) is 6.90. The van der Waals surface area contributed by atoms with Gasteiger partial charge in [0.05, 0.1) is 32.1 Å². The Labute approximate surface area is 287 Å². The molecule has 0 radical (unpaired) electrons. The van der Waals surface area contributed by atoms with Crippen molar-refractivity contribution in [1.29, 1.82) is 0 Å².